The van der Waals surface area contributed by atoms with Crippen molar-refractivity contribution in [2.45, 2.75) is 32.5 Å². The number of rotatable bonds is 5. The van der Waals surface area contributed by atoms with Gasteiger partial charge in [0.2, 0.25) is 5.78 Å². The number of ketones is 1. The molecule has 1 N–H and O–H groups in total. The predicted molar refractivity (Wildman–Crippen MR) is 108 cm³/mol. The fraction of sp³-hybridized carbons (Fsp3) is 0.450. The van der Waals surface area contributed by atoms with E-state index < -0.39 is 23.2 Å². The highest BCUT2D eigenvalue weighted by atomic mass is 79.9. The first-order chi connectivity index (χ1) is 13.6. The van der Waals surface area contributed by atoms with E-state index in [9.17, 15) is 18.0 Å². The van der Waals surface area contributed by atoms with Crippen molar-refractivity contribution < 1.29 is 18.0 Å². The van der Waals surface area contributed by atoms with Crippen molar-refractivity contribution in [3.8, 4) is 0 Å². The van der Waals surface area contributed by atoms with Gasteiger partial charge in [0.25, 0.3) is 0 Å². The predicted octanol–water partition coefficient (Wildman–Crippen LogP) is 4.31. The van der Waals surface area contributed by atoms with Gasteiger partial charge >= 0.3 is 6.18 Å². The lowest BCUT2D eigenvalue weighted by Crippen LogP contribution is -2.51. The number of pyridine rings is 2. The van der Waals surface area contributed by atoms with Gasteiger partial charge in [-0.25, -0.2) is 4.98 Å². The third kappa shape index (κ3) is 5.33. The van der Waals surface area contributed by atoms with Crippen LogP contribution in [0, 0.1) is 5.92 Å². The summed E-state index contributed by atoms with van der Waals surface area (Å²) in [4.78, 5) is 22.8. The van der Waals surface area contributed by atoms with Gasteiger partial charge in [-0.05, 0) is 46.5 Å². The average molecular weight is 471 g/mol. The summed E-state index contributed by atoms with van der Waals surface area (Å²) >= 11 is 3.19. The molecule has 3 heterocycles. The Morgan fingerprint density at radius 1 is 1.34 bits per heavy atom. The fourth-order valence-corrected chi connectivity index (χ4v) is 3.82. The molecule has 1 saturated heterocycles. The van der Waals surface area contributed by atoms with E-state index in [1.165, 1.54) is 24.5 Å². The summed E-state index contributed by atoms with van der Waals surface area (Å²) in [5.74, 6) is 0.0654. The Balaban J connectivity index is 1.97. The molecule has 2 aromatic rings. The number of hydrogen-bond donors (Lipinski definition) is 1. The van der Waals surface area contributed by atoms with Gasteiger partial charge < -0.3 is 10.2 Å². The van der Waals surface area contributed by atoms with Crippen LogP contribution in [0.3, 0.4) is 0 Å². The molecule has 0 unspecified atom stereocenters. The van der Waals surface area contributed by atoms with Gasteiger partial charge in [-0.3, -0.25) is 9.78 Å². The first kappa shape index (κ1) is 21.7. The number of nitrogens with zero attached hydrogens (tertiary/aromatic N) is 3. The molecule has 0 spiro atoms. The Morgan fingerprint density at radius 3 is 2.76 bits per heavy atom. The van der Waals surface area contributed by atoms with Crippen LogP contribution in [0.1, 0.15) is 41.9 Å². The Hall–Kier alpha value is -2.00. The highest BCUT2D eigenvalue weighted by Crippen LogP contribution is 2.34. The van der Waals surface area contributed by atoms with Crippen molar-refractivity contribution >= 4 is 27.5 Å². The van der Waals surface area contributed by atoms with Gasteiger partial charge in [-0.1, -0.05) is 13.8 Å². The molecule has 2 aromatic heterocycles. The highest BCUT2D eigenvalue weighted by molar-refractivity contribution is 9.10. The Bertz CT molecular complexity index is 888. The number of nitrogens with one attached hydrogen (secondary N) is 1. The molecule has 1 fully saturated rings. The monoisotopic (exact) mass is 470 g/mol. The summed E-state index contributed by atoms with van der Waals surface area (Å²) in [6.45, 7) is 6.19. The van der Waals surface area contributed by atoms with E-state index in [0.29, 0.717) is 35.8 Å². The van der Waals surface area contributed by atoms with Crippen molar-refractivity contribution in [3.05, 3.63) is 51.9 Å². The molecule has 0 aliphatic carbocycles. The van der Waals surface area contributed by atoms with Crippen LogP contribution in [-0.2, 0) is 6.18 Å². The molecule has 156 valence electrons. The molecule has 0 aromatic carbocycles. The molecular weight excluding hydrogens is 449 g/mol. The quantitative estimate of drug-likeness (QED) is 0.659. The normalized spacial score (nSPS) is 17.6. The van der Waals surface area contributed by atoms with E-state index in [2.05, 4.69) is 45.1 Å². The minimum atomic E-state index is -4.68. The second-order valence-electron chi connectivity index (χ2n) is 7.51. The summed E-state index contributed by atoms with van der Waals surface area (Å²) in [7, 11) is 0. The zero-order valence-corrected chi connectivity index (χ0v) is 17.7. The fourth-order valence-electron chi connectivity index (χ4n) is 3.46. The standard InChI is InChI=1S/C20H22BrF3N4O/c1-12(2)7-15-11-28(6-5-26-15)17-4-3-16(20(22,23)24)18(27-17)19(29)13-8-14(21)10-25-9-13/h3-4,8-10,12,15,26H,5-7,11H2,1-2H3/t15-/m0/s1. The summed E-state index contributed by atoms with van der Waals surface area (Å²) in [6, 6.07) is 3.95. The van der Waals surface area contributed by atoms with Crippen molar-refractivity contribution in [1.82, 2.24) is 15.3 Å². The zero-order chi connectivity index (χ0) is 21.2. The van der Waals surface area contributed by atoms with Crippen LogP contribution >= 0.6 is 15.9 Å². The smallest absolute Gasteiger partial charge is 0.354 e. The number of piperazine rings is 1. The van der Waals surface area contributed by atoms with Crippen molar-refractivity contribution in [1.29, 1.82) is 0 Å². The third-order valence-electron chi connectivity index (χ3n) is 4.70. The summed E-state index contributed by atoms with van der Waals surface area (Å²) in [5, 5.41) is 3.43. The van der Waals surface area contributed by atoms with E-state index in [-0.39, 0.29) is 11.6 Å². The lowest BCUT2D eigenvalue weighted by atomic mass is 10.0. The molecule has 9 heteroatoms. The van der Waals surface area contributed by atoms with Gasteiger partial charge in [0.15, 0.2) is 0 Å². The number of aromatic nitrogens is 2. The van der Waals surface area contributed by atoms with Crippen molar-refractivity contribution in [3.63, 3.8) is 0 Å². The maximum absolute atomic E-state index is 13.5. The zero-order valence-electron chi connectivity index (χ0n) is 16.1. The third-order valence-corrected chi connectivity index (χ3v) is 5.14. The van der Waals surface area contributed by atoms with E-state index in [1.54, 1.807) is 0 Å². The first-order valence-corrected chi connectivity index (χ1v) is 10.2. The molecule has 1 aliphatic heterocycles. The van der Waals surface area contributed by atoms with Crippen LogP contribution in [0.4, 0.5) is 19.0 Å². The number of halogens is 4. The molecule has 3 rings (SSSR count). The number of alkyl halides is 3. The molecule has 0 amide bonds. The first-order valence-electron chi connectivity index (χ1n) is 9.37. The van der Waals surface area contributed by atoms with Crippen molar-refractivity contribution in [2.24, 2.45) is 5.92 Å². The second-order valence-corrected chi connectivity index (χ2v) is 8.43. The lowest BCUT2D eigenvalue weighted by Gasteiger charge is -2.35. The van der Waals surface area contributed by atoms with Crippen LogP contribution in [0.2, 0.25) is 0 Å². The van der Waals surface area contributed by atoms with Gasteiger partial charge in [-0.15, -0.1) is 0 Å². The van der Waals surface area contributed by atoms with Crippen LogP contribution in [0.15, 0.2) is 35.1 Å². The molecule has 0 bridgehead atoms. The SMILES string of the molecule is CC(C)C[C@H]1CN(c2ccc(C(F)(F)F)c(C(=O)c3cncc(Br)c3)n2)CCN1. The average Bonchev–Trinajstić information content (AvgIpc) is 2.66. The molecule has 29 heavy (non-hydrogen) atoms. The number of hydrogen-bond acceptors (Lipinski definition) is 5. The van der Waals surface area contributed by atoms with Gasteiger partial charge in [-0.2, -0.15) is 13.2 Å². The maximum atomic E-state index is 13.5. The summed E-state index contributed by atoms with van der Waals surface area (Å²) in [5.41, 5.74) is -1.60. The van der Waals surface area contributed by atoms with Gasteiger partial charge in [0.1, 0.15) is 11.5 Å². The van der Waals surface area contributed by atoms with E-state index in [0.717, 1.165) is 12.5 Å². The Labute approximate surface area is 175 Å². The minimum absolute atomic E-state index is 0.0486. The van der Waals surface area contributed by atoms with E-state index in [4.69, 9.17) is 0 Å². The number of anilines is 1. The molecule has 5 nitrogen and oxygen atoms in total. The molecule has 1 atom stereocenters. The van der Waals surface area contributed by atoms with E-state index in [1.807, 2.05) is 4.90 Å². The highest BCUT2D eigenvalue weighted by Gasteiger charge is 2.37. The summed E-state index contributed by atoms with van der Waals surface area (Å²) < 4.78 is 41.1. The number of carbonyl (C=O) groups is 1. The largest absolute Gasteiger partial charge is 0.418 e. The molecular formula is C20H22BrF3N4O. The summed E-state index contributed by atoms with van der Waals surface area (Å²) in [6.07, 6.45) is -1.03. The van der Waals surface area contributed by atoms with Crippen molar-refractivity contribution in [2.75, 3.05) is 24.5 Å². The molecule has 1 aliphatic rings. The second kappa shape index (κ2) is 8.79. The van der Waals surface area contributed by atoms with Gasteiger partial charge in [0.05, 0.1) is 5.56 Å². The van der Waals surface area contributed by atoms with Crippen LogP contribution in [0.5, 0.6) is 0 Å². The topological polar surface area (TPSA) is 58.1 Å². The lowest BCUT2D eigenvalue weighted by molar-refractivity contribution is -0.138. The molecule has 0 radical (unpaired) electrons. The van der Waals surface area contributed by atoms with Crippen LogP contribution < -0.4 is 10.2 Å². The van der Waals surface area contributed by atoms with E-state index >= 15 is 0 Å². The Kier molecular flexibility index (Phi) is 6.58. The minimum Gasteiger partial charge on any atom is -0.354 e. The number of carbonyl (C=O) groups excluding carboxylic acids is 1. The Morgan fingerprint density at radius 2 is 2.10 bits per heavy atom. The molecule has 0 saturated carbocycles. The maximum Gasteiger partial charge on any atom is 0.418 e. The van der Waals surface area contributed by atoms with Crippen LogP contribution in [-0.4, -0.2) is 41.4 Å². The van der Waals surface area contributed by atoms with Gasteiger partial charge in [0, 0.05) is 48.1 Å². The van der Waals surface area contributed by atoms with Crippen LogP contribution in [0.25, 0.3) is 0 Å².